The largest absolute Gasteiger partial charge is 0.398 e. The van der Waals surface area contributed by atoms with Crippen LogP contribution >= 0.6 is 0 Å². The van der Waals surface area contributed by atoms with Crippen molar-refractivity contribution < 1.29 is 20.6 Å². The number of aromatic nitrogens is 2. The Morgan fingerprint density at radius 3 is 3.14 bits per heavy atom. The molecule has 1 aliphatic rings. The van der Waals surface area contributed by atoms with Crippen LogP contribution in [0.5, 0.6) is 0 Å². The summed E-state index contributed by atoms with van der Waals surface area (Å²) < 4.78 is 63.4. The maximum atomic E-state index is 13.2. The van der Waals surface area contributed by atoms with E-state index in [1.54, 1.807) is 0 Å². The fourth-order valence-corrected chi connectivity index (χ4v) is 2.11. The van der Waals surface area contributed by atoms with Gasteiger partial charge in [-0.2, -0.15) is 0 Å². The molecule has 2 aromatic rings. The summed E-state index contributed by atoms with van der Waals surface area (Å²) in [7, 11) is 0. The number of ketones is 2. The van der Waals surface area contributed by atoms with E-state index in [0.717, 1.165) is 0 Å². The van der Waals surface area contributed by atoms with Crippen LogP contribution in [0.15, 0.2) is 23.0 Å². The molecule has 1 aromatic heterocycles. The summed E-state index contributed by atoms with van der Waals surface area (Å²) in [4.78, 5) is 41.5. The quantitative estimate of drug-likeness (QED) is 0.628. The number of benzene rings is 1. The van der Waals surface area contributed by atoms with Crippen molar-refractivity contribution >= 4 is 28.2 Å². The van der Waals surface area contributed by atoms with Gasteiger partial charge in [0.15, 0.2) is 5.78 Å². The molecule has 0 bridgehead atoms. The number of carbonyl (C=O) groups excluding carboxylic acids is 2. The Kier molecular flexibility index (Phi) is 1.59. The molecular weight excluding hydrogens is 270 g/mol. The third-order valence-electron chi connectivity index (χ3n) is 3.05. The fraction of sp³-hybridized carbons (Fsp3) is 0.333. The van der Waals surface area contributed by atoms with Crippen LogP contribution in [0.4, 0.5) is 5.69 Å². The summed E-state index contributed by atoms with van der Waals surface area (Å²) >= 11 is 0. The molecule has 0 saturated heterocycles. The first-order chi connectivity index (χ1) is 13.2. The number of hydrogen-bond acceptors (Lipinski definition) is 5. The Morgan fingerprint density at radius 1 is 1.57 bits per heavy atom. The summed E-state index contributed by atoms with van der Waals surface area (Å²) in [6, 6.07) is -1.20. The van der Waals surface area contributed by atoms with Gasteiger partial charge in [0.05, 0.1) is 26.1 Å². The Hall–Kier alpha value is -2.50. The van der Waals surface area contributed by atoms with Crippen LogP contribution in [-0.2, 0) is 9.59 Å². The van der Waals surface area contributed by atoms with Gasteiger partial charge >= 0.3 is 0 Å². The third-order valence-corrected chi connectivity index (χ3v) is 3.05. The molecule has 1 aromatic carbocycles. The smallest absolute Gasteiger partial charge is 0.264 e. The first kappa shape index (κ1) is 6.98. The lowest BCUT2D eigenvalue weighted by molar-refractivity contribution is -0.132. The van der Waals surface area contributed by atoms with Crippen molar-refractivity contribution in [3.8, 4) is 0 Å². The summed E-state index contributed by atoms with van der Waals surface area (Å²) in [5.74, 6) is -3.53. The molecule has 0 amide bonds. The SMILES string of the molecule is [2H]c1ccc2nc(C([2H])([2H])[2H])n(C3([2H])C(=O)CC(=O)C([2H])C3([2H])[2H])c(=O)c2c1N. The summed E-state index contributed by atoms with van der Waals surface area (Å²) in [6.07, 6.45) is -6.47. The molecule has 1 heterocycles. The van der Waals surface area contributed by atoms with Crippen LogP contribution in [-0.4, -0.2) is 21.1 Å². The molecule has 21 heavy (non-hydrogen) atoms. The average molecular weight is 293 g/mol. The van der Waals surface area contributed by atoms with E-state index in [1.807, 2.05) is 0 Å². The van der Waals surface area contributed by atoms with Gasteiger partial charge < -0.3 is 5.73 Å². The van der Waals surface area contributed by atoms with Gasteiger partial charge in [-0.05, 0) is 25.3 Å². The van der Waals surface area contributed by atoms with E-state index in [0.29, 0.717) is 0 Å². The van der Waals surface area contributed by atoms with Gasteiger partial charge in [0.25, 0.3) is 5.56 Å². The highest BCUT2D eigenvalue weighted by Gasteiger charge is 2.30. The minimum Gasteiger partial charge on any atom is -0.398 e. The molecule has 1 saturated carbocycles. The predicted molar refractivity (Wildman–Crippen MR) is 78.1 cm³/mol. The normalized spacial score (nSPS) is 34.8. The van der Waals surface area contributed by atoms with Crippen LogP contribution in [0.25, 0.3) is 10.9 Å². The fourth-order valence-electron chi connectivity index (χ4n) is 2.11. The Labute approximate surface area is 131 Å². The lowest BCUT2D eigenvalue weighted by Gasteiger charge is -2.24. The summed E-state index contributed by atoms with van der Waals surface area (Å²) in [5, 5.41) is -0.459. The van der Waals surface area contributed by atoms with Crippen molar-refractivity contribution in [2.45, 2.75) is 32.1 Å². The standard InChI is InChI=1S/C15H15N3O3/c1-8-17-11-4-2-3-10(16)14(11)15(21)18(8)12-6-5-9(19)7-13(12)20/h2-4,12H,5-7,16H2,1H3/i1D3,3D,5D,6D2,12D. The highest BCUT2D eigenvalue weighted by molar-refractivity contribution is 6.03. The molecule has 3 rings (SSSR count). The second kappa shape index (κ2) is 4.80. The zero-order valence-electron chi connectivity index (χ0n) is 18.6. The van der Waals surface area contributed by atoms with E-state index in [2.05, 4.69) is 4.98 Å². The lowest BCUT2D eigenvalue weighted by atomic mass is 9.92. The maximum absolute atomic E-state index is 13.2. The molecule has 2 unspecified atom stereocenters. The lowest BCUT2D eigenvalue weighted by Crippen LogP contribution is -2.36. The number of anilines is 1. The number of hydrogen-bond donors (Lipinski definition) is 1. The van der Waals surface area contributed by atoms with E-state index in [1.165, 1.54) is 12.1 Å². The number of nitrogens with two attached hydrogens (primary N) is 1. The summed E-state index contributed by atoms with van der Waals surface area (Å²) in [5.41, 5.74) is 3.84. The molecular formula is C15H15N3O3. The van der Waals surface area contributed by atoms with E-state index < -0.39 is 66.1 Å². The van der Waals surface area contributed by atoms with Gasteiger partial charge in [-0.1, -0.05) is 6.07 Å². The van der Waals surface area contributed by atoms with E-state index in [-0.39, 0.29) is 16.1 Å². The molecule has 2 N–H and O–H groups in total. The second-order valence-corrected chi connectivity index (χ2v) is 4.43. The van der Waals surface area contributed by atoms with Crippen LogP contribution < -0.4 is 11.3 Å². The van der Waals surface area contributed by atoms with Gasteiger partial charge in [0.2, 0.25) is 0 Å². The molecule has 108 valence electrons. The van der Waals surface area contributed by atoms with Crippen molar-refractivity contribution in [2.24, 2.45) is 0 Å². The average Bonchev–Trinajstić information content (AvgIpc) is 2.60. The molecule has 6 nitrogen and oxygen atoms in total. The van der Waals surface area contributed by atoms with Crippen molar-refractivity contribution in [1.29, 1.82) is 0 Å². The van der Waals surface area contributed by atoms with Crippen LogP contribution in [0.1, 0.15) is 42.0 Å². The van der Waals surface area contributed by atoms with Crippen molar-refractivity contribution in [3.63, 3.8) is 0 Å². The number of carbonyl (C=O) groups is 2. The number of rotatable bonds is 1. The van der Waals surface area contributed by atoms with Crippen molar-refractivity contribution in [3.05, 3.63) is 34.4 Å². The molecule has 2 atom stereocenters. The van der Waals surface area contributed by atoms with Gasteiger partial charge in [-0.15, -0.1) is 0 Å². The zero-order chi connectivity index (χ0) is 22.1. The highest BCUT2D eigenvalue weighted by atomic mass is 16.2. The van der Waals surface area contributed by atoms with Crippen LogP contribution in [0, 0.1) is 6.85 Å². The molecule has 1 aliphatic carbocycles. The number of nitrogens with zero attached hydrogens (tertiary/aromatic N) is 2. The van der Waals surface area contributed by atoms with Gasteiger partial charge in [-0.3, -0.25) is 19.0 Å². The number of Topliss-reactive ketones (excluding diaryl/α,β-unsaturated/α-hetero) is 2. The topological polar surface area (TPSA) is 95.0 Å². The second-order valence-electron chi connectivity index (χ2n) is 4.43. The van der Waals surface area contributed by atoms with E-state index in [9.17, 15) is 14.4 Å². The number of nitrogen functional groups attached to an aromatic ring is 1. The molecule has 0 aliphatic heterocycles. The highest BCUT2D eigenvalue weighted by Crippen LogP contribution is 2.24. The molecule has 0 radical (unpaired) electrons. The van der Waals surface area contributed by atoms with Gasteiger partial charge in [-0.25, -0.2) is 4.98 Å². The monoisotopic (exact) mass is 293 g/mol. The Morgan fingerprint density at radius 2 is 2.38 bits per heavy atom. The molecule has 6 heteroatoms. The number of aryl methyl sites for hydroxylation is 1. The van der Waals surface area contributed by atoms with E-state index >= 15 is 0 Å². The zero-order valence-corrected chi connectivity index (χ0v) is 10.6. The predicted octanol–water partition coefficient (Wildman–Crippen LogP) is 1.15. The number of fused-ring (bicyclic) bond motifs is 1. The minimum atomic E-state index is -3.25. The summed E-state index contributed by atoms with van der Waals surface area (Å²) in [6.45, 7) is -3.15. The first-order valence-electron chi connectivity index (χ1n) is 10.0. The van der Waals surface area contributed by atoms with Gasteiger partial charge in [0.1, 0.15) is 11.6 Å². The molecule has 0 spiro atoms. The first-order valence-corrected chi connectivity index (χ1v) is 5.96. The third kappa shape index (κ3) is 2.12. The van der Waals surface area contributed by atoms with E-state index in [4.69, 9.17) is 16.7 Å². The van der Waals surface area contributed by atoms with Gasteiger partial charge in [0, 0.05) is 20.3 Å². The maximum Gasteiger partial charge on any atom is 0.264 e. The van der Waals surface area contributed by atoms with Crippen molar-refractivity contribution in [1.82, 2.24) is 9.55 Å². The minimum absolute atomic E-state index is 0.0639. The Bertz CT molecular complexity index is 1130. The molecule has 1 fully saturated rings. The van der Waals surface area contributed by atoms with Crippen LogP contribution in [0.2, 0.25) is 0 Å². The Balaban J connectivity index is 2.55. The van der Waals surface area contributed by atoms with Crippen molar-refractivity contribution in [2.75, 3.05) is 5.73 Å². The van der Waals surface area contributed by atoms with Crippen LogP contribution in [0.3, 0.4) is 0 Å².